The van der Waals surface area contributed by atoms with E-state index in [1.165, 1.54) is 16.9 Å². The van der Waals surface area contributed by atoms with Crippen LogP contribution in [0.5, 0.6) is 0 Å². The highest BCUT2D eigenvalue weighted by Crippen LogP contribution is 2.25. The van der Waals surface area contributed by atoms with E-state index in [9.17, 15) is 4.79 Å². The van der Waals surface area contributed by atoms with Gasteiger partial charge in [-0.3, -0.25) is 4.79 Å². The van der Waals surface area contributed by atoms with Crippen LogP contribution in [0.15, 0.2) is 39.5 Å². The van der Waals surface area contributed by atoms with Gasteiger partial charge in [-0.25, -0.2) is 0 Å². The van der Waals surface area contributed by atoms with Gasteiger partial charge in [0.05, 0.1) is 3.79 Å². The van der Waals surface area contributed by atoms with E-state index in [0.29, 0.717) is 0 Å². The molecular formula is C15H15BrOS. The van der Waals surface area contributed by atoms with Gasteiger partial charge in [-0.15, -0.1) is 11.3 Å². The average Bonchev–Trinajstić information content (AvgIpc) is 2.74. The van der Waals surface area contributed by atoms with Crippen molar-refractivity contribution >= 4 is 33.0 Å². The van der Waals surface area contributed by atoms with Crippen molar-refractivity contribution in [3.8, 4) is 0 Å². The highest BCUT2D eigenvalue weighted by molar-refractivity contribution is 9.11. The molecule has 2 aromatic rings. The molecule has 0 unspecified atom stereocenters. The molecule has 3 heteroatoms. The number of hydrogen-bond acceptors (Lipinski definition) is 2. The Kier molecular flexibility index (Phi) is 3.74. The van der Waals surface area contributed by atoms with Gasteiger partial charge in [-0.1, -0.05) is 45.0 Å². The minimum atomic E-state index is 0.0809. The zero-order chi connectivity index (χ0) is 13.3. The van der Waals surface area contributed by atoms with Crippen molar-refractivity contribution < 1.29 is 4.79 Å². The summed E-state index contributed by atoms with van der Waals surface area (Å²) in [6.45, 7) is 6.50. The van der Waals surface area contributed by atoms with Crippen molar-refractivity contribution in [3.05, 3.63) is 56.2 Å². The Morgan fingerprint density at radius 2 is 1.72 bits per heavy atom. The monoisotopic (exact) mass is 322 g/mol. The first-order valence-corrected chi connectivity index (χ1v) is 7.44. The topological polar surface area (TPSA) is 17.1 Å². The lowest BCUT2D eigenvalue weighted by molar-refractivity contribution is 0.103. The summed E-state index contributed by atoms with van der Waals surface area (Å²) < 4.78 is 0.983. The molecule has 2 rings (SSSR count). The van der Waals surface area contributed by atoms with Crippen LogP contribution in [0.3, 0.4) is 0 Å². The smallest absolute Gasteiger partial charge is 0.193 e. The number of thiophene rings is 1. The van der Waals surface area contributed by atoms with Gasteiger partial charge in [0.15, 0.2) is 5.78 Å². The van der Waals surface area contributed by atoms with E-state index in [1.54, 1.807) is 0 Å². The van der Waals surface area contributed by atoms with Crippen LogP contribution in [0.1, 0.15) is 42.3 Å². The van der Waals surface area contributed by atoms with Crippen molar-refractivity contribution in [2.24, 2.45) is 0 Å². The third-order valence-corrected chi connectivity index (χ3v) is 4.35. The largest absolute Gasteiger partial charge is 0.289 e. The SMILES string of the molecule is CC(C)(C)c1ccc(C(=O)c2csc(Br)c2)cc1. The number of ketones is 1. The molecule has 0 aliphatic heterocycles. The number of hydrogen-bond donors (Lipinski definition) is 0. The maximum Gasteiger partial charge on any atom is 0.193 e. The quantitative estimate of drug-likeness (QED) is 0.708. The molecule has 1 aromatic heterocycles. The molecule has 1 nitrogen and oxygen atoms in total. The molecule has 0 radical (unpaired) electrons. The second kappa shape index (κ2) is 4.98. The van der Waals surface area contributed by atoms with Gasteiger partial charge >= 0.3 is 0 Å². The van der Waals surface area contributed by atoms with Crippen LogP contribution in [-0.4, -0.2) is 5.78 Å². The molecule has 0 bridgehead atoms. The maximum absolute atomic E-state index is 12.2. The number of carbonyl (C=O) groups is 1. The fourth-order valence-corrected chi connectivity index (χ4v) is 2.85. The highest BCUT2D eigenvalue weighted by Gasteiger charge is 2.15. The molecule has 0 N–H and O–H groups in total. The fourth-order valence-electron chi connectivity index (χ4n) is 1.72. The molecule has 0 amide bonds. The van der Waals surface area contributed by atoms with Crippen molar-refractivity contribution in [1.29, 1.82) is 0 Å². The summed E-state index contributed by atoms with van der Waals surface area (Å²) in [6.07, 6.45) is 0. The average molecular weight is 323 g/mol. The van der Waals surface area contributed by atoms with Crippen LogP contribution in [0.4, 0.5) is 0 Å². The van der Waals surface area contributed by atoms with Crippen molar-refractivity contribution in [2.45, 2.75) is 26.2 Å². The predicted octanol–water partition coefficient (Wildman–Crippen LogP) is 5.04. The van der Waals surface area contributed by atoms with Gasteiger partial charge in [0.25, 0.3) is 0 Å². The summed E-state index contributed by atoms with van der Waals surface area (Å²) >= 11 is 4.91. The summed E-state index contributed by atoms with van der Waals surface area (Å²) in [6, 6.07) is 9.76. The number of halogens is 1. The van der Waals surface area contributed by atoms with Gasteiger partial charge in [0.2, 0.25) is 0 Å². The molecule has 18 heavy (non-hydrogen) atoms. The van der Waals surface area contributed by atoms with Gasteiger partial charge in [-0.2, -0.15) is 0 Å². The molecule has 0 saturated heterocycles. The lowest BCUT2D eigenvalue weighted by atomic mass is 9.86. The Labute approximate surface area is 120 Å². The summed E-state index contributed by atoms with van der Waals surface area (Å²) in [5.41, 5.74) is 2.85. The van der Waals surface area contributed by atoms with Crippen molar-refractivity contribution in [1.82, 2.24) is 0 Å². The van der Waals surface area contributed by atoms with Gasteiger partial charge < -0.3 is 0 Å². The minimum absolute atomic E-state index is 0.0809. The van der Waals surface area contributed by atoms with Crippen LogP contribution in [0, 0.1) is 0 Å². The summed E-state index contributed by atoms with van der Waals surface area (Å²) in [4.78, 5) is 12.2. The van der Waals surface area contributed by atoms with E-state index < -0.39 is 0 Å². The van der Waals surface area contributed by atoms with E-state index >= 15 is 0 Å². The van der Waals surface area contributed by atoms with E-state index in [2.05, 4.69) is 36.7 Å². The lowest BCUT2D eigenvalue weighted by Gasteiger charge is -2.18. The molecule has 0 atom stereocenters. The van der Waals surface area contributed by atoms with E-state index in [-0.39, 0.29) is 11.2 Å². The first-order chi connectivity index (χ1) is 8.38. The highest BCUT2D eigenvalue weighted by atomic mass is 79.9. The number of carbonyl (C=O) groups excluding carboxylic acids is 1. The zero-order valence-corrected chi connectivity index (χ0v) is 13.1. The molecular weight excluding hydrogens is 308 g/mol. The van der Waals surface area contributed by atoms with E-state index in [1.807, 2.05) is 35.7 Å². The molecule has 0 saturated carbocycles. The normalized spacial score (nSPS) is 11.6. The van der Waals surface area contributed by atoms with Gasteiger partial charge in [0, 0.05) is 16.5 Å². The Morgan fingerprint density at radius 3 is 2.17 bits per heavy atom. The van der Waals surface area contributed by atoms with Crippen LogP contribution in [0.2, 0.25) is 0 Å². The van der Waals surface area contributed by atoms with Crippen LogP contribution < -0.4 is 0 Å². The summed E-state index contributed by atoms with van der Waals surface area (Å²) in [5, 5.41) is 1.88. The van der Waals surface area contributed by atoms with E-state index in [0.717, 1.165) is 14.9 Å². The Hall–Kier alpha value is -0.930. The van der Waals surface area contributed by atoms with Gasteiger partial charge in [-0.05, 0) is 33.0 Å². The molecule has 0 aliphatic rings. The van der Waals surface area contributed by atoms with Crippen LogP contribution in [0.25, 0.3) is 0 Å². The third kappa shape index (κ3) is 2.90. The second-order valence-electron chi connectivity index (χ2n) is 5.30. The summed E-state index contributed by atoms with van der Waals surface area (Å²) in [5.74, 6) is 0.0809. The minimum Gasteiger partial charge on any atom is -0.289 e. The van der Waals surface area contributed by atoms with Crippen molar-refractivity contribution in [2.75, 3.05) is 0 Å². The first kappa shape index (κ1) is 13.5. The van der Waals surface area contributed by atoms with Crippen LogP contribution >= 0.6 is 27.3 Å². The molecule has 0 fully saturated rings. The number of rotatable bonds is 2. The third-order valence-electron chi connectivity index (χ3n) is 2.84. The second-order valence-corrected chi connectivity index (χ2v) is 7.59. The fraction of sp³-hybridized carbons (Fsp3) is 0.267. The number of benzene rings is 1. The zero-order valence-electron chi connectivity index (χ0n) is 10.7. The predicted molar refractivity (Wildman–Crippen MR) is 80.6 cm³/mol. The first-order valence-electron chi connectivity index (χ1n) is 5.77. The van der Waals surface area contributed by atoms with Crippen LogP contribution in [-0.2, 0) is 5.41 Å². The lowest BCUT2D eigenvalue weighted by Crippen LogP contribution is -2.11. The molecule has 1 heterocycles. The molecule has 94 valence electrons. The molecule has 0 aliphatic carbocycles. The Bertz CT molecular complexity index is 561. The molecule has 1 aromatic carbocycles. The van der Waals surface area contributed by atoms with Crippen molar-refractivity contribution in [3.63, 3.8) is 0 Å². The van der Waals surface area contributed by atoms with E-state index in [4.69, 9.17) is 0 Å². The maximum atomic E-state index is 12.2. The summed E-state index contributed by atoms with van der Waals surface area (Å²) in [7, 11) is 0. The Balaban J connectivity index is 2.28. The molecule has 0 spiro atoms. The van der Waals surface area contributed by atoms with Gasteiger partial charge in [0.1, 0.15) is 0 Å². The standard InChI is InChI=1S/C15H15BrOS/c1-15(2,3)12-6-4-10(5-7-12)14(17)11-8-13(16)18-9-11/h4-9H,1-3H3. The Morgan fingerprint density at radius 1 is 1.11 bits per heavy atom.